The van der Waals surface area contributed by atoms with E-state index in [-0.39, 0.29) is 5.56 Å². The number of rotatable bonds is 6. The minimum Gasteiger partial charge on any atom is -0.354 e. The van der Waals surface area contributed by atoms with Gasteiger partial charge < -0.3 is 21.4 Å². The normalized spacial score (nSPS) is 10.7. The van der Waals surface area contributed by atoms with E-state index in [1.54, 1.807) is 12.3 Å². The van der Waals surface area contributed by atoms with E-state index in [4.69, 9.17) is 5.73 Å². The maximum absolute atomic E-state index is 12.1. The average Bonchev–Trinajstić information content (AvgIpc) is 2.56. The molecule has 7 nitrogen and oxygen atoms in total. The van der Waals surface area contributed by atoms with Crippen molar-refractivity contribution in [3.8, 4) is 0 Å². The second-order valence-corrected chi connectivity index (χ2v) is 5.02. The van der Waals surface area contributed by atoms with Crippen LogP contribution in [-0.2, 0) is 0 Å². The van der Waals surface area contributed by atoms with E-state index < -0.39 is 0 Å². The van der Waals surface area contributed by atoms with Gasteiger partial charge in [-0.25, -0.2) is 4.98 Å². The summed E-state index contributed by atoms with van der Waals surface area (Å²) in [5, 5.41) is 6.74. The molecule has 0 saturated heterocycles. The predicted octanol–water partition coefficient (Wildman–Crippen LogP) is 1.82. The van der Waals surface area contributed by atoms with Gasteiger partial charge in [-0.1, -0.05) is 18.2 Å². The van der Waals surface area contributed by atoms with Crippen molar-refractivity contribution in [2.75, 3.05) is 23.7 Å². The van der Waals surface area contributed by atoms with Crippen LogP contribution in [0, 0.1) is 0 Å². The molecule has 0 aliphatic carbocycles. The second kappa shape index (κ2) is 6.89. The first-order chi connectivity index (χ1) is 11.3. The lowest BCUT2D eigenvalue weighted by Gasteiger charge is -2.11. The van der Waals surface area contributed by atoms with E-state index in [1.807, 2.05) is 30.3 Å². The molecule has 7 heteroatoms. The fourth-order valence-corrected chi connectivity index (χ4v) is 2.22. The SMILES string of the molecule is NCCCNc1nc(Nc2ccccc2)c2c(=O)[nH]ccc2n1. The summed E-state index contributed by atoms with van der Waals surface area (Å²) in [5.41, 5.74) is 6.70. The Morgan fingerprint density at radius 1 is 1.13 bits per heavy atom. The molecule has 0 spiro atoms. The quantitative estimate of drug-likeness (QED) is 0.517. The lowest BCUT2D eigenvalue weighted by molar-refractivity contribution is 0.865. The lowest BCUT2D eigenvalue weighted by atomic mass is 10.2. The van der Waals surface area contributed by atoms with Crippen molar-refractivity contribution in [1.29, 1.82) is 0 Å². The largest absolute Gasteiger partial charge is 0.354 e. The van der Waals surface area contributed by atoms with Gasteiger partial charge in [-0.3, -0.25) is 4.79 Å². The van der Waals surface area contributed by atoms with Gasteiger partial charge in [0, 0.05) is 18.4 Å². The summed E-state index contributed by atoms with van der Waals surface area (Å²) in [6, 6.07) is 11.3. The van der Waals surface area contributed by atoms with Crippen molar-refractivity contribution >= 4 is 28.4 Å². The molecule has 0 aliphatic heterocycles. The number of nitrogens with zero attached hydrogens (tertiary/aromatic N) is 2. The molecule has 23 heavy (non-hydrogen) atoms. The van der Waals surface area contributed by atoms with Gasteiger partial charge in [0.1, 0.15) is 11.2 Å². The minimum absolute atomic E-state index is 0.227. The smallest absolute Gasteiger partial charge is 0.261 e. The van der Waals surface area contributed by atoms with Gasteiger partial charge in [-0.05, 0) is 31.2 Å². The number of aromatic amines is 1. The van der Waals surface area contributed by atoms with Gasteiger partial charge in [0.05, 0.1) is 5.52 Å². The predicted molar refractivity (Wildman–Crippen MR) is 92.0 cm³/mol. The van der Waals surface area contributed by atoms with Crippen molar-refractivity contribution in [3.63, 3.8) is 0 Å². The molecular weight excluding hydrogens is 292 g/mol. The molecule has 0 bridgehead atoms. The van der Waals surface area contributed by atoms with Crippen LogP contribution in [0.2, 0.25) is 0 Å². The summed E-state index contributed by atoms with van der Waals surface area (Å²) >= 11 is 0. The Bertz CT molecular complexity index is 846. The van der Waals surface area contributed by atoms with Gasteiger partial charge in [0.2, 0.25) is 5.95 Å². The Kier molecular flexibility index (Phi) is 4.49. The average molecular weight is 310 g/mol. The maximum Gasteiger partial charge on any atom is 0.261 e. The van der Waals surface area contributed by atoms with Crippen molar-refractivity contribution in [2.45, 2.75) is 6.42 Å². The zero-order valence-electron chi connectivity index (χ0n) is 12.5. The van der Waals surface area contributed by atoms with Crippen LogP contribution >= 0.6 is 0 Å². The molecule has 0 fully saturated rings. The maximum atomic E-state index is 12.1. The first-order valence-corrected chi connectivity index (χ1v) is 7.43. The third-order valence-electron chi connectivity index (χ3n) is 3.32. The molecule has 0 atom stereocenters. The van der Waals surface area contributed by atoms with Crippen LogP contribution in [-0.4, -0.2) is 28.0 Å². The Morgan fingerprint density at radius 2 is 1.96 bits per heavy atom. The molecule has 1 aromatic carbocycles. The van der Waals surface area contributed by atoms with Crippen molar-refractivity contribution in [3.05, 3.63) is 52.9 Å². The van der Waals surface area contributed by atoms with Crippen LogP contribution in [0.3, 0.4) is 0 Å². The summed E-state index contributed by atoms with van der Waals surface area (Å²) in [7, 11) is 0. The molecule has 2 heterocycles. The fraction of sp³-hybridized carbons (Fsp3) is 0.188. The minimum atomic E-state index is -0.227. The third-order valence-corrected chi connectivity index (χ3v) is 3.32. The number of H-pyrrole nitrogens is 1. The number of hydrogen-bond donors (Lipinski definition) is 4. The molecule has 3 aromatic rings. The van der Waals surface area contributed by atoms with Gasteiger partial charge in [-0.2, -0.15) is 4.98 Å². The fourth-order valence-electron chi connectivity index (χ4n) is 2.22. The molecule has 0 saturated carbocycles. The highest BCUT2D eigenvalue weighted by Crippen LogP contribution is 2.22. The summed E-state index contributed by atoms with van der Waals surface area (Å²) in [5.74, 6) is 0.938. The van der Waals surface area contributed by atoms with Crippen LogP contribution in [0.4, 0.5) is 17.5 Å². The van der Waals surface area contributed by atoms with Gasteiger partial charge in [0.25, 0.3) is 5.56 Å². The highest BCUT2D eigenvalue weighted by Gasteiger charge is 2.11. The van der Waals surface area contributed by atoms with E-state index in [0.717, 1.165) is 12.1 Å². The Hall–Kier alpha value is -2.93. The summed E-state index contributed by atoms with van der Waals surface area (Å²) in [6.45, 7) is 1.27. The Morgan fingerprint density at radius 3 is 2.74 bits per heavy atom. The van der Waals surface area contributed by atoms with Crippen LogP contribution in [0.1, 0.15) is 6.42 Å². The standard InChI is InChI=1S/C16H18N6O/c17-8-4-9-19-16-21-12-7-10-18-15(23)13(12)14(22-16)20-11-5-2-1-3-6-11/h1-3,5-7,10H,4,8-9,17H2,(H,18,23)(H2,19,20,21,22). The second-order valence-electron chi connectivity index (χ2n) is 5.02. The molecule has 3 rings (SSSR count). The van der Waals surface area contributed by atoms with Gasteiger partial charge in [0.15, 0.2) is 0 Å². The molecular formula is C16H18N6O. The zero-order valence-corrected chi connectivity index (χ0v) is 12.5. The number of nitrogens with two attached hydrogens (primary N) is 1. The molecule has 0 unspecified atom stereocenters. The van der Waals surface area contributed by atoms with E-state index in [1.165, 1.54) is 0 Å². The molecule has 118 valence electrons. The number of hydrogen-bond acceptors (Lipinski definition) is 6. The third kappa shape index (κ3) is 3.46. The molecule has 0 aliphatic rings. The van der Waals surface area contributed by atoms with E-state index in [0.29, 0.717) is 35.8 Å². The zero-order chi connectivity index (χ0) is 16.1. The van der Waals surface area contributed by atoms with Gasteiger partial charge in [-0.15, -0.1) is 0 Å². The summed E-state index contributed by atoms with van der Waals surface area (Å²) in [4.78, 5) is 23.6. The number of aromatic nitrogens is 3. The number of benzene rings is 1. The van der Waals surface area contributed by atoms with Crippen LogP contribution in [0.15, 0.2) is 47.4 Å². The van der Waals surface area contributed by atoms with E-state index >= 15 is 0 Å². The lowest BCUT2D eigenvalue weighted by Crippen LogP contribution is -2.14. The Balaban J connectivity index is 2.03. The number of nitrogens with one attached hydrogen (secondary N) is 3. The van der Waals surface area contributed by atoms with E-state index in [2.05, 4.69) is 25.6 Å². The van der Waals surface area contributed by atoms with Gasteiger partial charge >= 0.3 is 0 Å². The van der Waals surface area contributed by atoms with E-state index in [9.17, 15) is 4.79 Å². The molecule has 0 radical (unpaired) electrons. The summed E-state index contributed by atoms with van der Waals surface area (Å²) < 4.78 is 0. The first kappa shape index (κ1) is 15.0. The molecule has 2 aromatic heterocycles. The highest BCUT2D eigenvalue weighted by atomic mass is 16.1. The monoisotopic (exact) mass is 310 g/mol. The topological polar surface area (TPSA) is 109 Å². The highest BCUT2D eigenvalue weighted by molar-refractivity contribution is 5.90. The number of fused-ring (bicyclic) bond motifs is 1. The van der Waals surface area contributed by atoms with Crippen molar-refractivity contribution in [1.82, 2.24) is 15.0 Å². The van der Waals surface area contributed by atoms with Crippen LogP contribution < -0.4 is 21.9 Å². The molecule has 0 amide bonds. The Labute approximate surface area is 133 Å². The first-order valence-electron chi connectivity index (χ1n) is 7.43. The van der Waals surface area contributed by atoms with Crippen molar-refractivity contribution in [2.24, 2.45) is 5.73 Å². The molecule has 5 N–H and O–H groups in total. The van der Waals surface area contributed by atoms with Crippen molar-refractivity contribution < 1.29 is 0 Å². The summed E-state index contributed by atoms with van der Waals surface area (Å²) in [6.07, 6.45) is 2.39. The number of pyridine rings is 1. The van der Waals surface area contributed by atoms with Crippen LogP contribution in [0.5, 0.6) is 0 Å². The number of para-hydroxylation sites is 1. The van der Waals surface area contributed by atoms with Crippen LogP contribution in [0.25, 0.3) is 10.9 Å². The number of anilines is 3.